The molecule has 2 aromatic heterocycles. The molecule has 0 spiro atoms. The molecule has 0 saturated carbocycles. The topological polar surface area (TPSA) is 30.0 Å². The Hall–Kier alpha value is -1.13. The van der Waals surface area contributed by atoms with Crippen molar-refractivity contribution in [3.63, 3.8) is 0 Å². The average molecular weight is 289 g/mol. The molecule has 98 valence electrons. The van der Waals surface area contributed by atoms with Crippen molar-refractivity contribution in [1.82, 2.24) is 4.98 Å². The molecular formula is C15H15NOS2. The normalized spacial score (nSPS) is 15.8. The van der Waals surface area contributed by atoms with Crippen LogP contribution in [0.3, 0.4) is 0 Å². The van der Waals surface area contributed by atoms with Crippen molar-refractivity contribution in [1.29, 1.82) is 0 Å². The summed E-state index contributed by atoms with van der Waals surface area (Å²) in [6.45, 7) is 1.94. The maximum absolute atomic E-state index is 12.5. The van der Waals surface area contributed by atoms with E-state index in [1.807, 2.05) is 36.9 Å². The first-order chi connectivity index (χ1) is 9.25. The second-order valence-corrected chi connectivity index (χ2v) is 6.94. The van der Waals surface area contributed by atoms with Gasteiger partial charge in [0.15, 0.2) is 5.78 Å². The predicted octanol–water partition coefficient (Wildman–Crippen LogP) is 3.92. The van der Waals surface area contributed by atoms with Gasteiger partial charge in [0.25, 0.3) is 0 Å². The van der Waals surface area contributed by atoms with Gasteiger partial charge in [-0.05, 0) is 42.9 Å². The molecule has 2 aromatic rings. The van der Waals surface area contributed by atoms with Gasteiger partial charge in [-0.25, -0.2) is 0 Å². The number of carbonyl (C=O) groups is 1. The average Bonchev–Trinajstić information content (AvgIpc) is 2.90. The molecule has 1 aliphatic rings. The van der Waals surface area contributed by atoms with Crippen molar-refractivity contribution >= 4 is 28.9 Å². The highest BCUT2D eigenvalue weighted by Crippen LogP contribution is 2.33. The third kappa shape index (κ3) is 2.60. The molecule has 0 bridgehead atoms. The zero-order valence-electron chi connectivity index (χ0n) is 10.8. The number of thioether (sulfide) groups is 1. The van der Waals surface area contributed by atoms with E-state index in [1.54, 1.807) is 17.5 Å². The summed E-state index contributed by atoms with van der Waals surface area (Å²) in [5, 5.41) is 0. The maximum atomic E-state index is 12.5. The molecule has 0 fully saturated rings. The number of carbonyl (C=O) groups excluding carboxylic acids is 1. The fourth-order valence-electron chi connectivity index (χ4n) is 2.25. The molecule has 3 heterocycles. The smallest absolute Gasteiger partial charge is 0.181 e. The Balaban J connectivity index is 1.86. The Kier molecular flexibility index (Phi) is 3.71. The fourth-order valence-corrected chi connectivity index (χ4v) is 4.65. The van der Waals surface area contributed by atoms with Crippen LogP contribution in [-0.2, 0) is 12.2 Å². The van der Waals surface area contributed by atoms with E-state index < -0.39 is 0 Å². The number of ketones is 1. The summed E-state index contributed by atoms with van der Waals surface area (Å²) >= 11 is 3.63. The third-order valence-electron chi connectivity index (χ3n) is 3.40. The van der Waals surface area contributed by atoms with Gasteiger partial charge < -0.3 is 0 Å². The largest absolute Gasteiger partial charge is 0.293 e. The van der Waals surface area contributed by atoms with E-state index in [9.17, 15) is 4.79 Å². The molecule has 4 heteroatoms. The Bertz CT molecular complexity index is 568. The lowest BCUT2D eigenvalue weighted by Gasteiger charge is -2.08. The van der Waals surface area contributed by atoms with E-state index in [1.165, 1.54) is 16.2 Å². The Morgan fingerprint density at radius 3 is 3.05 bits per heavy atom. The Morgan fingerprint density at radius 1 is 1.42 bits per heavy atom. The van der Waals surface area contributed by atoms with Gasteiger partial charge in [-0.2, -0.15) is 11.8 Å². The van der Waals surface area contributed by atoms with Crippen LogP contribution in [0.2, 0.25) is 0 Å². The van der Waals surface area contributed by atoms with E-state index in [2.05, 4.69) is 11.1 Å². The first kappa shape index (κ1) is 12.9. The lowest BCUT2D eigenvalue weighted by atomic mass is 10.0. The number of nitrogens with zero attached hydrogens (tertiary/aromatic N) is 1. The Labute approximate surface area is 121 Å². The molecule has 0 aromatic carbocycles. The minimum Gasteiger partial charge on any atom is -0.293 e. The molecule has 1 atom stereocenters. The van der Waals surface area contributed by atoms with Gasteiger partial charge in [-0.15, -0.1) is 11.3 Å². The van der Waals surface area contributed by atoms with Gasteiger partial charge in [0.2, 0.25) is 0 Å². The van der Waals surface area contributed by atoms with Crippen LogP contribution in [0.1, 0.15) is 38.6 Å². The van der Waals surface area contributed by atoms with Crippen LogP contribution in [0.25, 0.3) is 0 Å². The van der Waals surface area contributed by atoms with Gasteiger partial charge in [-0.1, -0.05) is 6.07 Å². The van der Waals surface area contributed by atoms with E-state index in [4.69, 9.17) is 0 Å². The van der Waals surface area contributed by atoms with Crippen molar-refractivity contribution in [2.45, 2.75) is 25.0 Å². The van der Waals surface area contributed by atoms with Crippen molar-refractivity contribution in [2.75, 3.05) is 5.75 Å². The number of hydrogen-bond acceptors (Lipinski definition) is 4. The maximum Gasteiger partial charge on any atom is 0.181 e. The first-order valence-corrected chi connectivity index (χ1v) is 8.37. The van der Waals surface area contributed by atoms with Gasteiger partial charge in [-0.3, -0.25) is 9.78 Å². The van der Waals surface area contributed by atoms with Crippen LogP contribution in [0.15, 0.2) is 30.5 Å². The number of aryl methyl sites for hydroxylation is 1. The van der Waals surface area contributed by atoms with Crippen molar-refractivity contribution < 1.29 is 4.79 Å². The van der Waals surface area contributed by atoms with Gasteiger partial charge >= 0.3 is 0 Å². The van der Waals surface area contributed by atoms with Crippen molar-refractivity contribution in [3.05, 3.63) is 51.5 Å². The fraction of sp³-hybridized carbons (Fsp3) is 0.333. The van der Waals surface area contributed by atoms with Crippen LogP contribution in [0.4, 0.5) is 0 Å². The molecule has 1 aliphatic heterocycles. The molecule has 0 saturated heterocycles. The highest BCUT2D eigenvalue weighted by atomic mass is 32.2. The lowest BCUT2D eigenvalue weighted by Crippen LogP contribution is -2.09. The number of hydrogen-bond donors (Lipinski definition) is 0. The summed E-state index contributed by atoms with van der Waals surface area (Å²) in [5.74, 6) is 2.27. The van der Waals surface area contributed by atoms with E-state index in [0.717, 1.165) is 22.7 Å². The van der Waals surface area contributed by atoms with Crippen molar-refractivity contribution in [2.24, 2.45) is 0 Å². The number of fused-ring (bicyclic) bond motifs is 1. The number of thiophene rings is 1. The molecule has 19 heavy (non-hydrogen) atoms. The summed E-state index contributed by atoms with van der Waals surface area (Å²) in [4.78, 5) is 19.1. The van der Waals surface area contributed by atoms with E-state index in [-0.39, 0.29) is 11.7 Å². The predicted molar refractivity (Wildman–Crippen MR) is 81.2 cm³/mol. The molecule has 0 N–H and O–H groups in total. The van der Waals surface area contributed by atoms with Gasteiger partial charge in [0, 0.05) is 16.8 Å². The minimum absolute atomic E-state index is 0.158. The van der Waals surface area contributed by atoms with Crippen LogP contribution < -0.4 is 0 Å². The molecule has 0 amide bonds. The van der Waals surface area contributed by atoms with Gasteiger partial charge in [0.1, 0.15) is 0 Å². The first-order valence-electron chi connectivity index (χ1n) is 6.40. The number of rotatable bonds is 3. The standard InChI is InChI=1S/C15H15NOS2/c1-10(12-4-2-3-6-16-12)15(17)14-8-11-9-18-7-5-13(11)19-14/h2-4,6,8,10H,5,7,9H2,1H3. The summed E-state index contributed by atoms with van der Waals surface area (Å²) in [7, 11) is 0. The summed E-state index contributed by atoms with van der Waals surface area (Å²) in [5.41, 5.74) is 2.21. The minimum atomic E-state index is -0.158. The zero-order chi connectivity index (χ0) is 13.2. The summed E-state index contributed by atoms with van der Waals surface area (Å²) < 4.78 is 0. The zero-order valence-corrected chi connectivity index (χ0v) is 12.4. The molecule has 3 rings (SSSR count). The van der Waals surface area contributed by atoms with Crippen molar-refractivity contribution in [3.8, 4) is 0 Å². The lowest BCUT2D eigenvalue weighted by molar-refractivity contribution is 0.0968. The molecule has 0 aliphatic carbocycles. The second-order valence-electron chi connectivity index (χ2n) is 4.70. The SMILES string of the molecule is CC(C(=O)c1cc2c(s1)CCSC2)c1ccccn1. The number of Topliss-reactive ketones (excluding diaryl/α,β-unsaturated/α-hetero) is 1. The van der Waals surface area contributed by atoms with Crippen LogP contribution in [0, 0.1) is 0 Å². The molecule has 0 radical (unpaired) electrons. The van der Waals surface area contributed by atoms with Crippen LogP contribution in [0.5, 0.6) is 0 Å². The van der Waals surface area contributed by atoms with Crippen LogP contribution in [-0.4, -0.2) is 16.5 Å². The Morgan fingerprint density at radius 2 is 2.32 bits per heavy atom. The van der Waals surface area contributed by atoms with Crippen LogP contribution >= 0.6 is 23.1 Å². The summed E-state index contributed by atoms with van der Waals surface area (Å²) in [6.07, 6.45) is 2.85. The molecule has 2 nitrogen and oxygen atoms in total. The highest BCUT2D eigenvalue weighted by molar-refractivity contribution is 7.98. The van der Waals surface area contributed by atoms with E-state index in [0.29, 0.717) is 0 Å². The van der Waals surface area contributed by atoms with E-state index >= 15 is 0 Å². The van der Waals surface area contributed by atoms with Gasteiger partial charge in [0.05, 0.1) is 16.5 Å². The number of pyridine rings is 1. The quantitative estimate of drug-likeness (QED) is 0.802. The third-order valence-corrected chi connectivity index (χ3v) is 5.65. The highest BCUT2D eigenvalue weighted by Gasteiger charge is 2.22. The summed E-state index contributed by atoms with van der Waals surface area (Å²) in [6, 6.07) is 7.82. The monoisotopic (exact) mass is 289 g/mol. The second kappa shape index (κ2) is 5.47. The molecule has 1 unspecified atom stereocenters. The molecular weight excluding hydrogens is 274 g/mol. The number of aromatic nitrogens is 1.